The van der Waals surface area contributed by atoms with Crippen LogP contribution < -0.4 is 5.32 Å². The van der Waals surface area contributed by atoms with Gasteiger partial charge in [-0.15, -0.1) is 0 Å². The number of aliphatic hydroxyl groups excluding tert-OH is 1. The predicted octanol–water partition coefficient (Wildman–Crippen LogP) is 1.49. The number of nitrogens with one attached hydrogen (secondary N) is 1. The van der Waals surface area contributed by atoms with Gasteiger partial charge in [0.25, 0.3) is 0 Å². The highest BCUT2D eigenvalue weighted by Crippen LogP contribution is 2.18. The summed E-state index contributed by atoms with van der Waals surface area (Å²) >= 11 is 3.30. The number of pyridine rings is 1. The lowest BCUT2D eigenvalue weighted by atomic mass is 10.1. The molecule has 0 radical (unpaired) electrons. The highest BCUT2D eigenvalue weighted by atomic mass is 79.9. The van der Waals surface area contributed by atoms with E-state index in [-0.39, 0.29) is 12.5 Å². The van der Waals surface area contributed by atoms with Gasteiger partial charge in [0.05, 0.1) is 6.54 Å². The minimum Gasteiger partial charge on any atom is -0.396 e. The van der Waals surface area contributed by atoms with Crippen molar-refractivity contribution in [3.8, 4) is 0 Å². The molecule has 19 heavy (non-hydrogen) atoms. The van der Waals surface area contributed by atoms with Crippen LogP contribution in [0.25, 0.3) is 0 Å². The first-order valence-corrected chi connectivity index (χ1v) is 7.21. The van der Waals surface area contributed by atoms with Crippen LogP contribution in [0.15, 0.2) is 22.8 Å². The Morgan fingerprint density at radius 2 is 2.42 bits per heavy atom. The molecule has 1 aromatic heterocycles. The van der Waals surface area contributed by atoms with Crippen molar-refractivity contribution in [2.75, 3.05) is 31.6 Å². The summed E-state index contributed by atoms with van der Waals surface area (Å²) in [5.74, 6) is 1.04. The molecule has 2 rings (SSSR count). The lowest BCUT2D eigenvalue weighted by molar-refractivity contribution is -0.117. The number of carbonyl (C=O) groups excluding carboxylic acids is 1. The number of rotatable bonds is 5. The van der Waals surface area contributed by atoms with E-state index in [1.807, 2.05) is 6.07 Å². The first-order chi connectivity index (χ1) is 9.17. The summed E-state index contributed by atoms with van der Waals surface area (Å²) in [6, 6.07) is 3.61. The van der Waals surface area contributed by atoms with E-state index >= 15 is 0 Å². The molecule has 0 bridgehead atoms. The highest BCUT2D eigenvalue weighted by molar-refractivity contribution is 9.10. The van der Waals surface area contributed by atoms with Gasteiger partial charge in [0.15, 0.2) is 0 Å². The van der Waals surface area contributed by atoms with Crippen molar-refractivity contribution in [3.05, 3.63) is 22.8 Å². The molecule has 2 heterocycles. The third kappa shape index (κ3) is 4.56. The standard InChI is InChI=1S/C13H18BrN3O2/c14-11-1-2-12(15-7-11)16-13(19)9-17-5-3-10(8-17)4-6-18/h1-2,7,10,18H,3-6,8-9H2,(H,15,16,19). The monoisotopic (exact) mass is 327 g/mol. The van der Waals surface area contributed by atoms with Crippen LogP contribution in [-0.4, -0.2) is 47.1 Å². The molecule has 1 aromatic rings. The molecule has 1 unspecified atom stereocenters. The second kappa shape index (κ2) is 6.98. The van der Waals surface area contributed by atoms with Crippen LogP contribution >= 0.6 is 15.9 Å². The second-order valence-electron chi connectivity index (χ2n) is 4.81. The number of aromatic nitrogens is 1. The Labute approximate surface area is 121 Å². The van der Waals surface area contributed by atoms with Gasteiger partial charge in [-0.05, 0) is 53.4 Å². The average molecular weight is 328 g/mol. The van der Waals surface area contributed by atoms with Gasteiger partial charge in [0.1, 0.15) is 5.82 Å². The average Bonchev–Trinajstić information content (AvgIpc) is 2.80. The molecule has 1 aliphatic rings. The summed E-state index contributed by atoms with van der Waals surface area (Å²) in [5, 5.41) is 11.7. The number of amides is 1. The first kappa shape index (κ1) is 14.4. The number of nitrogens with zero attached hydrogens (tertiary/aromatic N) is 2. The van der Waals surface area contributed by atoms with Crippen LogP contribution in [0.1, 0.15) is 12.8 Å². The van der Waals surface area contributed by atoms with Gasteiger partial charge in [-0.1, -0.05) is 0 Å². The number of carbonyl (C=O) groups is 1. The summed E-state index contributed by atoms with van der Waals surface area (Å²) in [6.45, 7) is 2.43. The summed E-state index contributed by atoms with van der Waals surface area (Å²) in [4.78, 5) is 18.1. The van der Waals surface area contributed by atoms with E-state index in [1.54, 1.807) is 12.3 Å². The van der Waals surface area contributed by atoms with Crippen molar-refractivity contribution in [1.82, 2.24) is 9.88 Å². The number of halogens is 1. The smallest absolute Gasteiger partial charge is 0.239 e. The first-order valence-electron chi connectivity index (χ1n) is 6.42. The van der Waals surface area contributed by atoms with Gasteiger partial charge in [-0.2, -0.15) is 0 Å². The molecule has 0 aliphatic carbocycles. The van der Waals surface area contributed by atoms with E-state index in [9.17, 15) is 4.79 Å². The summed E-state index contributed by atoms with van der Waals surface area (Å²) in [6.07, 6.45) is 3.54. The zero-order chi connectivity index (χ0) is 13.7. The van der Waals surface area contributed by atoms with Crippen LogP contribution in [0.2, 0.25) is 0 Å². The maximum Gasteiger partial charge on any atom is 0.239 e. The third-order valence-corrected chi connectivity index (χ3v) is 3.74. The number of likely N-dealkylation sites (tertiary alicyclic amines) is 1. The number of hydrogen-bond donors (Lipinski definition) is 2. The molecule has 104 valence electrons. The molecule has 1 amide bonds. The minimum absolute atomic E-state index is 0.0422. The fourth-order valence-corrected chi connectivity index (χ4v) is 2.54. The Balaban J connectivity index is 1.77. The van der Waals surface area contributed by atoms with Gasteiger partial charge in [-0.25, -0.2) is 4.98 Å². The normalized spacial score (nSPS) is 19.6. The van der Waals surface area contributed by atoms with Crippen molar-refractivity contribution >= 4 is 27.7 Å². The molecule has 1 saturated heterocycles. The van der Waals surface area contributed by atoms with Crippen molar-refractivity contribution in [3.63, 3.8) is 0 Å². The topological polar surface area (TPSA) is 65.5 Å². The zero-order valence-electron chi connectivity index (χ0n) is 10.7. The summed E-state index contributed by atoms with van der Waals surface area (Å²) < 4.78 is 0.886. The van der Waals surface area contributed by atoms with E-state index in [0.717, 1.165) is 30.4 Å². The molecular weight excluding hydrogens is 310 g/mol. The van der Waals surface area contributed by atoms with Gasteiger partial charge in [0.2, 0.25) is 5.91 Å². The van der Waals surface area contributed by atoms with Crippen molar-refractivity contribution in [1.29, 1.82) is 0 Å². The zero-order valence-corrected chi connectivity index (χ0v) is 12.3. The van der Waals surface area contributed by atoms with E-state index in [0.29, 0.717) is 18.3 Å². The fraction of sp³-hybridized carbons (Fsp3) is 0.538. The largest absolute Gasteiger partial charge is 0.396 e. The maximum atomic E-state index is 11.9. The minimum atomic E-state index is -0.0422. The van der Waals surface area contributed by atoms with Crippen LogP contribution in [0.3, 0.4) is 0 Å². The lowest BCUT2D eigenvalue weighted by Crippen LogP contribution is -2.31. The summed E-state index contributed by atoms with van der Waals surface area (Å²) in [7, 11) is 0. The molecule has 5 nitrogen and oxygen atoms in total. The Bertz CT molecular complexity index is 424. The van der Waals surface area contributed by atoms with Gasteiger partial charge >= 0.3 is 0 Å². The van der Waals surface area contributed by atoms with Crippen molar-refractivity contribution < 1.29 is 9.90 Å². The Hall–Kier alpha value is -0.980. The third-order valence-electron chi connectivity index (χ3n) is 3.27. The molecule has 0 aromatic carbocycles. The van der Waals surface area contributed by atoms with Crippen molar-refractivity contribution in [2.45, 2.75) is 12.8 Å². The predicted molar refractivity (Wildman–Crippen MR) is 76.8 cm³/mol. The van der Waals surface area contributed by atoms with E-state index < -0.39 is 0 Å². The molecular formula is C13H18BrN3O2. The molecule has 0 spiro atoms. The van der Waals surface area contributed by atoms with Crippen LogP contribution in [0, 0.1) is 5.92 Å². The Morgan fingerprint density at radius 1 is 1.58 bits per heavy atom. The second-order valence-corrected chi connectivity index (χ2v) is 5.73. The van der Waals surface area contributed by atoms with E-state index in [4.69, 9.17) is 5.11 Å². The van der Waals surface area contributed by atoms with Crippen LogP contribution in [0.4, 0.5) is 5.82 Å². The van der Waals surface area contributed by atoms with E-state index in [1.165, 1.54) is 0 Å². The molecule has 1 aliphatic heterocycles. The van der Waals surface area contributed by atoms with Crippen molar-refractivity contribution in [2.24, 2.45) is 5.92 Å². The Morgan fingerprint density at radius 3 is 3.11 bits per heavy atom. The SMILES string of the molecule is O=C(CN1CCC(CCO)C1)Nc1ccc(Br)cn1. The molecule has 2 N–H and O–H groups in total. The molecule has 0 saturated carbocycles. The highest BCUT2D eigenvalue weighted by Gasteiger charge is 2.23. The molecule has 6 heteroatoms. The summed E-state index contributed by atoms with van der Waals surface area (Å²) in [5.41, 5.74) is 0. The number of aliphatic hydroxyl groups is 1. The van der Waals surface area contributed by atoms with Gasteiger partial charge < -0.3 is 10.4 Å². The van der Waals surface area contributed by atoms with Crippen LogP contribution in [-0.2, 0) is 4.79 Å². The lowest BCUT2D eigenvalue weighted by Gasteiger charge is -2.15. The fourth-order valence-electron chi connectivity index (χ4n) is 2.31. The Kier molecular flexibility index (Phi) is 5.30. The quantitative estimate of drug-likeness (QED) is 0.859. The van der Waals surface area contributed by atoms with Gasteiger partial charge in [-0.3, -0.25) is 9.69 Å². The van der Waals surface area contributed by atoms with Gasteiger partial charge in [0, 0.05) is 23.8 Å². The number of anilines is 1. The van der Waals surface area contributed by atoms with E-state index in [2.05, 4.69) is 31.1 Å². The molecule has 1 fully saturated rings. The number of hydrogen-bond acceptors (Lipinski definition) is 4. The van der Waals surface area contributed by atoms with Crippen LogP contribution in [0.5, 0.6) is 0 Å². The molecule has 1 atom stereocenters. The maximum absolute atomic E-state index is 11.9.